The Morgan fingerprint density at radius 2 is 1.21 bits per heavy atom. The van der Waals surface area contributed by atoms with Crippen LogP contribution in [0.4, 0.5) is 0 Å². The molecule has 0 bridgehead atoms. The highest BCUT2D eigenvalue weighted by atomic mass is 31.1. The molecule has 1 aliphatic carbocycles. The first-order valence-corrected chi connectivity index (χ1v) is 8.84. The molecule has 1 aliphatic rings. The number of hydrogen-bond donors (Lipinski definition) is 0. The van der Waals surface area contributed by atoms with E-state index < -0.39 is 0 Å². The van der Waals surface area contributed by atoms with Crippen LogP contribution in [0, 0.1) is 5.92 Å². The van der Waals surface area contributed by atoms with Crippen LogP contribution in [0.2, 0.25) is 0 Å². The average molecular weight is 268 g/mol. The van der Waals surface area contributed by atoms with E-state index in [9.17, 15) is 0 Å². The first kappa shape index (κ1) is 12.9. The fourth-order valence-electron chi connectivity index (χ4n) is 3.03. The summed E-state index contributed by atoms with van der Waals surface area (Å²) in [6.07, 6.45) is 7.15. The zero-order valence-electron chi connectivity index (χ0n) is 11.3. The zero-order chi connectivity index (χ0) is 12.9. The number of benzene rings is 2. The minimum Gasteiger partial charge on any atom is -0.0622 e. The van der Waals surface area contributed by atoms with Gasteiger partial charge in [-0.1, -0.05) is 86.3 Å². The maximum atomic E-state index is 2.31. The first-order chi connectivity index (χ1) is 9.43. The summed E-state index contributed by atoms with van der Waals surface area (Å²) in [5, 5.41) is 3.08. The van der Waals surface area contributed by atoms with Gasteiger partial charge in [-0.2, -0.15) is 0 Å². The Bertz CT molecular complexity index is 446. The third-order valence-corrected chi connectivity index (χ3v) is 6.78. The van der Waals surface area contributed by atoms with Crippen molar-refractivity contribution in [3.05, 3.63) is 60.7 Å². The van der Waals surface area contributed by atoms with Gasteiger partial charge in [0.25, 0.3) is 0 Å². The van der Waals surface area contributed by atoms with Gasteiger partial charge in [-0.3, -0.25) is 0 Å². The van der Waals surface area contributed by atoms with Crippen molar-refractivity contribution in [2.24, 2.45) is 5.92 Å². The first-order valence-electron chi connectivity index (χ1n) is 7.31. The number of rotatable bonds is 4. The van der Waals surface area contributed by atoms with Crippen molar-refractivity contribution in [3.63, 3.8) is 0 Å². The van der Waals surface area contributed by atoms with E-state index in [1.165, 1.54) is 42.5 Å². The monoisotopic (exact) mass is 268 g/mol. The van der Waals surface area contributed by atoms with Crippen molar-refractivity contribution >= 4 is 18.5 Å². The lowest BCUT2D eigenvalue weighted by Gasteiger charge is -2.22. The predicted octanol–water partition coefficient (Wildman–Crippen LogP) is 4.31. The highest BCUT2D eigenvalue weighted by Crippen LogP contribution is 2.40. The van der Waals surface area contributed by atoms with Gasteiger partial charge < -0.3 is 0 Å². The standard InChI is InChI=1S/C18H21P/c1-3-11-17(12-4-1)19(15-16-9-7-8-10-16)18-13-5-2-6-14-18/h1-6,11-14,16H,7-10,15H2. The second kappa shape index (κ2) is 6.35. The summed E-state index contributed by atoms with van der Waals surface area (Å²) < 4.78 is 0. The molecule has 0 aromatic heterocycles. The second-order valence-corrected chi connectivity index (χ2v) is 7.69. The van der Waals surface area contributed by atoms with Crippen LogP contribution in [0.15, 0.2) is 60.7 Å². The molecule has 2 aromatic carbocycles. The molecule has 0 nitrogen and oxygen atoms in total. The molecule has 1 heteroatoms. The van der Waals surface area contributed by atoms with Crippen LogP contribution in [0.25, 0.3) is 0 Å². The number of hydrogen-bond acceptors (Lipinski definition) is 0. The van der Waals surface area contributed by atoms with Crippen LogP contribution in [0.1, 0.15) is 25.7 Å². The van der Waals surface area contributed by atoms with Crippen LogP contribution < -0.4 is 10.6 Å². The lowest BCUT2D eigenvalue weighted by atomic mass is 10.1. The molecular weight excluding hydrogens is 247 g/mol. The average Bonchev–Trinajstić information content (AvgIpc) is 3.00. The van der Waals surface area contributed by atoms with E-state index in [1.807, 2.05) is 0 Å². The van der Waals surface area contributed by atoms with E-state index >= 15 is 0 Å². The van der Waals surface area contributed by atoms with E-state index in [0.717, 1.165) is 5.92 Å². The van der Waals surface area contributed by atoms with Gasteiger partial charge in [-0.15, -0.1) is 0 Å². The Kier molecular flexibility index (Phi) is 4.30. The van der Waals surface area contributed by atoms with E-state index in [4.69, 9.17) is 0 Å². The molecule has 0 aliphatic heterocycles. The van der Waals surface area contributed by atoms with Crippen LogP contribution in [0.5, 0.6) is 0 Å². The minimum atomic E-state index is -0.162. The molecule has 98 valence electrons. The third kappa shape index (κ3) is 3.25. The molecule has 19 heavy (non-hydrogen) atoms. The van der Waals surface area contributed by atoms with Crippen molar-refractivity contribution in [3.8, 4) is 0 Å². The molecule has 1 fully saturated rings. The van der Waals surface area contributed by atoms with Crippen LogP contribution in [-0.4, -0.2) is 6.16 Å². The molecule has 0 unspecified atom stereocenters. The smallest absolute Gasteiger partial charge is 0.0195 e. The fourth-order valence-corrected chi connectivity index (χ4v) is 5.69. The van der Waals surface area contributed by atoms with E-state index in [1.54, 1.807) is 0 Å². The molecule has 0 heterocycles. The van der Waals surface area contributed by atoms with Crippen molar-refractivity contribution in [1.29, 1.82) is 0 Å². The molecule has 2 aromatic rings. The summed E-state index contributed by atoms with van der Waals surface area (Å²) in [7, 11) is -0.162. The molecule has 0 N–H and O–H groups in total. The molecule has 0 radical (unpaired) electrons. The SMILES string of the molecule is c1ccc(P(CC2CCCC2)c2ccccc2)cc1. The Labute approximate surface area is 117 Å². The van der Waals surface area contributed by atoms with Gasteiger partial charge in [-0.05, 0) is 30.6 Å². The summed E-state index contributed by atoms with van der Waals surface area (Å²) in [6.45, 7) is 0. The molecule has 0 amide bonds. The van der Waals surface area contributed by atoms with Crippen LogP contribution >= 0.6 is 7.92 Å². The Hall–Kier alpha value is -1.13. The molecular formula is C18H21P. The summed E-state index contributed by atoms with van der Waals surface area (Å²) in [6, 6.07) is 22.2. The molecule has 3 rings (SSSR count). The van der Waals surface area contributed by atoms with E-state index in [0.29, 0.717) is 0 Å². The van der Waals surface area contributed by atoms with Crippen LogP contribution in [-0.2, 0) is 0 Å². The normalized spacial score (nSPS) is 16.1. The van der Waals surface area contributed by atoms with Crippen molar-refractivity contribution in [2.75, 3.05) is 6.16 Å². The van der Waals surface area contributed by atoms with Crippen molar-refractivity contribution in [1.82, 2.24) is 0 Å². The summed E-state index contributed by atoms with van der Waals surface area (Å²) in [4.78, 5) is 0. The Morgan fingerprint density at radius 3 is 1.68 bits per heavy atom. The van der Waals surface area contributed by atoms with Gasteiger partial charge >= 0.3 is 0 Å². The van der Waals surface area contributed by atoms with Crippen molar-refractivity contribution < 1.29 is 0 Å². The Morgan fingerprint density at radius 1 is 0.737 bits per heavy atom. The van der Waals surface area contributed by atoms with Gasteiger partial charge in [0.1, 0.15) is 0 Å². The lowest BCUT2D eigenvalue weighted by Crippen LogP contribution is -2.17. The molecule has 0 saturated heterocycles. The topological polar surface area (TPSA) is 0 Å². The second-order valence-electron chi connectivity index (χ2n) is 5.43. The van der Waals surface area contributed by atoms with Crippen LogP contribution in [0.3, 0.4) is 0 Å². The highest BCUT2D eigenvalue weighted by molar-refractivity contribution is 7.73. The van der Waals surface area contributed by atoms with Gasteiger partial charge in [-0.25, -0.2) is 0 Å². The van der Waals surface area contributed by atoms with E-state index in [-0.39, 0.29) is 7.92 Å². The maximum Gasteiger partial charge on any atom is -0.0195 e. The highest BCUT2D eigenvalue weighted by Gasteiger charge is 2.22. The summed E-state index contributed by atoms with van der Waals surface area (Å²) in [5.41, 5.74) is 0. The van der Waals surface area contributed by atoms with Gasteiger partial charge in [0.2, 0.25) is 0 Å². The lowest BCUT2D eigenvalue weighted by molar-refractivity contribution is 0.621. The fraction of sp³-hybridized carbons (Fsp3) is 0.333. The van der Waals surface area contributed by atoms with Crippen molar-refractivity contribution in [2.45, 2.75) is 25.7 Å². The maximum absolute atomic E-state index is 2.31. The Balaban J connectivity index is 1.87. The third-order valence-electron chi connectivity index (χ3n) is 4.05. The molecule has 1 saturated carbocycles. The summed E-state index contributed by atoms with van der Waals surface area (Å²) in [5.74, 6) is 0.950. The predicted molar refractivity (Wildman–Crippen MR) is 85.9 cm³/mol. The molecule has 0 spiro atoms. The quantitative estimate of drug-likeness (QED) is 0.725. The molecule has 0 atom stereocenters. The van der Waals surface area contributed by atoms with Gasteiger partial charge in [0.05, 0.1) is 0 Å². The largest absolute Gasteiger partial charge is 0.0622 e. The zero-order valence-corrected chi connectivity index (χ0v) is 12.2. The van der Waals surface area contributed by atoms with Gasteiger partial charge in [0, 0.05) is 0 Å². The minimum absolute atomic E-state index is 0.162. The summed E-state index contributed by atoms with van der Waals surface area (Å²) >= 11 is 0. The van der Waals surface area contributed by atoms with E-state index in [2.05, 4.69) is 60.7 Å². The van der Waals surface area contributed by atoms with Gasteiger partial charge in [0.15, 0.2) is 0 Å².